The Labute approximate surface area is 36.6 Å². The van der Waals surface area contributed by atoms with Gasteiger partial charge in [0.1, 0.15) is 0 Å². The van der Waals surface area contributed by atoms with Crippen LogP contribution in [0.15, 0.2) is 12.3 Å². The first kappa shape index (κ1) is 5.21. The van der Waals surface area contributed by atoms with Gasteiger partial charge in [0.25, 0.3) is 0 Å². The summed E-state index contributed by atoms with van der Waals surface area (Å²) in [5.74, 6) is -0.0162. The maximum Gasteiger partial charge on any atom is 0.154 e. The van der Waals surface area contributed by atoms with Crippen molar-refractivity contribution in [1.29, 1.82) is 0 Å². The fourth-order valence-electron chi connectivity index (χ4n) is 0.136. The highest BCUT2D eigenvalue weighted by Crippen LogP contribution is 1.64. The summed E-state index contributed by atoms with van der Waals surface area (Å²) in [6, 6.07) is 0. The van der Waals surface area contributed by atoms with Crippen molar-refractivity contribution >= 4 is 5.78 Å². The van der Waals surface area contributed by atoms with Crippen LogP contribution in [0, 0.1) is 0 Å². The molecule has 0 rings (SSSR count). The van der Waals surface area contributed by atoms with Gasteiger partial charge in [0.2, 0.25) is 0 Å². The van der Waals surface area contributed by atoms with Crippen molar-refractivity contribution in [2.75, 3.05) is 0 Å². The summed E-state index contributed by atoms with van der Waals surface area (Å²) < 4.78 is 0. The lowest BCUT2D eigenvalue weighted by Gasteiger charge is -1.68. The van der Waals surface area contributed by atoms with E-state index in [1.807, 2.05) is 0 Å². The van der Waals surface area contributed by atoms with Crippen molar-refractivity contribution in [3.63, 3.8) is 0 Å². The summed E-state index contributed by atoms with van der Waals surface area (Å²) in [5, 5.41) is 0. The number of hydrogen-bond acceptors (Lipinski definition) is 2. The number of hydrogen-bond donors (Lipinski definition) is 1. The van der Waals surface area contributed by atoms with Gasteiger partial charge in [0.05, 0.1) is 0 Å². The number of carbonyl (C=O) groups excluding carboxylic acids is 1. The molecule has 2 N–H and O–H groups in total. The minimum Gasteiger partial charge on any atom is -0.404 e. The molecule has 0 aromatic carbocycles. The molecule has 2 heteroatoms. The average molecular weight is 85.1 g/mol. The summed E-state index contributed by atoms with van der Waals surface area (Å²) in [7, 11) is 0. The van der Waals surface area contributed by atoms with E-state index in [1.165, 1.54) is 19.2 Å². The van der Waals surface area contributed by atoms with Gasteiger partial charge in [-0.1, -0.05) is 0 Å². The van der Waals surface area contributed by atoms with Gasteiger partial charge in [0, 0.05) is 0 Å². The van der Waals surface area contributed by atoms with Crippen molar-refractivity contribution in [2.45, 2.75) is 6.92 Å². The lowest BCUT2D eigenvalue weighted by molar-refractivity contribution is -0.112. The van der Waals surface area contributed by atoms with E-state index in [9.17, 15) is 4.79 Å². The molecule has 0 aliphatic carbocycles. The van der Waals surface area contributed by atoms with E-state index in [0.29, 0.717) is 0 Å². The third kappa shape index (κ3) is 3.21. The summed E-state index contributed by atoms with van der Waals surface area (Å²) in [6.07, 6.45) is 2.53. The van der Waals surface area contributed by atoms with E-state index < -0.39 is 0 Å². The fraction of sp³-hybridized carbons (Fsp3) is 0.250. The van der Waals surface area contributed by atoms with Crippen LogP contribution < -0.4 is 5.73 Å². The number of rotatable bonds is 1. The quantitative estimate of drug-likeness (QED) is 0.457. The van der Waals surface area contributed by atoms with Crippen molar-refractivity contribution < 1.29 is 4.79 Å². The number of allylic oxidation sites excluding steroid dienone is 1. The molecule has 2 nitrogen and oxygen atoms in total. The molecule has 0 saturated heterocycles. The molecule has 0 aromatic heterocycles. The van der Waals surface area contributed by atoms with Crippen LogP contribution in [0.1, 0.15) is 6.92 Å². The summed E-state index contributed by atoms with van der Waals surface area (Å²) >= 11 is 0. The Balaban J connectivity index is 3.30. The van der Waals surface area contributed by atoms with Crippen LogP contribution in [0.4, 0.5) is 0 Å². The Morgan fingerprint density at radius 1 is 1.83 bits per heavy atom. The van der Waals surface area contributed by atoms with Crippen LogP contribution in [0.5, 0.6) is 0 Å². The number of ketones is 1. The minimum atomic E-state index is -0.0162. The topological polar surface area (TPSA) is 43.1 Å². The first-order valence-corrected chi connectivity index (χ1v) is 1.66. The van der Waals surface area contributed by atoms with E-state index in [-0.39, 0.29) is 5.78 Å². The van der Waals surface area contributed by atoms with Gasteiger partial charge in [-0.05, 0) is 19.2 Å². The molecule has 0 fully saturated rings. The van der Waals surface area contributed by atoms with Crippen molar-refractivity contribution in [1.82, 2.24) is 0 Å². The normalized spacial score (nSPS) is 9.50. The van der Waals surface area contributed by atoms with Gasteiger partial charge >= 0.3 is 0 Å². The van der Waals surface area contributed by atoms with Gasteiger partial charge in [-0.15, -0.1) is 0 Å². The maximum atomic E-state index is 9.88. The zero-order valence-corrected chi connectivity index (χ0v) is 3.64. The van der Waals surface area contributed by atoms with Gasteiger partial charge < -0.3 is 5.73 Å². The summed E-state index contributed by atoms with van der Waals surface area (Å²) in [4.78, 5) is 9.88. The monoisotopic (exact) mass is 85.1 g/mol. The third-order valence-electron chi connectivity index (χ3n) is 0.331. The predicted molar refractivity (Wildman–Crippen MR) is 24.0 cm³/mol. The second-order valence-corrected chi connectivity index (χ2v) is 0.970. The molecule has 0 saturated carbocycles. The Morgan fingerprint density at radius 3 is 2.33 bits per heavy atom. The maximum absolute atomic E-state index is 9.88. The average Bonchev–Trinajstić information content (AvgIpc) is 1.35. The minimum absolute atomic E-state index is 0.0162. The molecule has 34 valence electrons. The largest absolute Gasteiger partial charge is 0.404 e. The molecular weight excluding hydrogens is 78.0 g/mol. The Hall–Kier alpha value is -0.790. The molecule has 0 bridgehead atoms. The zero-order valence-electron chi connectivity index (χ0n) is 3.64. The second-order valence-electron chi connectivity index (χ2n) is 0.970. The van der Waals surface area contributed by atoms with E-state index in [2.05, 4.69) is 0 Å². The van der Waals surface area contributed by atoms with Crippen LogP contribution in [0.25, 0.3) is 0 Å². The van der Waals surface area contributed by atoms with Crippen LogP contribution in [0.2, 0.25) is 0 Å². The van der Waals surface area contributed by atoms with Gasteiger partial charge in [0.15, 0.2) is 5.78 Å². The molecule has 0 heterocycles. The van der Waals surface area contributed by atoms with Crippen LogP contribution >= 0.6 is 0 Å². The standard InChI is InChI=1S/C4H7NO/c1-4(6)2-3-5/h2-3H,5H2,1H3/b3-2+. The predicted octanol–water partition coefficient (Wildman–Crippen LogP) is 0.0478. The molecule has 0 atom stereocenters. The Bertz CT molecular complexity index is 75.6. The molecule has 0 amide bonds. The van der Waals surface area contributed by atoms with Crippen LogP contribution in [-0.4, -0.2) is 5.78 Å². The second kappa shape index (κ2) is 2.45. The summed E-state index contributed by atoms with van der Waals surface area (Å²) in [6.45, 7) is 1.45. The van der Waals surface area contributed by atoms with Crippen LogP contribution in [0.3, 0.4) is 0 Å². The van der Waals surface area contributed by atoms with Crippen LogP contribution in [-0.2, 0) is 4.79 Å². The number of nitrogens with two attached hydrogens (primary N) is 1. The molecule has 6 heavy (non-hydrogen) atoms. The van der Waals surface area contributed by atoms with Gasteiger partial charge in [-0.25, -0.2) is 0 Å². The van der Waals surface area contributed by atoms with Crippen molar-refractivity contribution in [3.05, 3.63) is 12.3 Å². The molecule has 0 spiro atoms. The molecule has 0 unspecified atom stereocenters. The Kier molecular flexibility index (Phi) is 2.13. The highest BCUT2D eigenvalue weighted by molar-refractivity contribution is 5.86. The van der Waals surface area contributed by atoms with E-state index in [1.54, 1.807) is 0 Å². The third-order valence-corrected chi connectivity index (χ3v) is 0.331. The smallest absolute Gasteiger partial charge is 0.154 e. The highest BCUT2D eigenvalue weighted by Gasteiger charge is 1.73. The summed E-state index contributed by atoms with van der Waals surface area (Å²) in [5.41, 5.74) is 4.83. The Morgan fingerprint density at radius 2 is 2.33 bits per heavy atom. The molecule has 0 aliphatic heterocycles. The molecule has 0 aromatic rings. The van der Waals surface area contributed by atoms with E-state index in [0.717, 1.165) is 0 Å². The van der Waals surface area contributed by atoms with E-state index >= 15 is 0 Å². The van der Waals surface area contributed by atoms with Crippen molar-refractivity contribution in [3.8, 4) is 0 Å². The zero-order chi connectivity index (χ0) is 4.99. The van der Waals surface area contributed by atoms with Gasteiger partial charge in [-0.3, -0.25) is 4.79 Å². The number of carbonyl (C=O) groups is 1. The fourth-order valence-corrected chi connectivity index (χ4v) is 0.136. The molecule has 0 radical (unpaired) electrons. The molecular formula is C4H7NO. The molecule has 0 aliphatic rings. The lowest BCUT2D eigenvalue weighted by atomic mass is 10.4. The first-order valence-electron chi connectivity index (χ1n) is 1.66. The first-order chi connectivity index (χ1) is 2.77. The van der Waals surface area contributed by atoms with E-state index in [4.69, 9.17) is 5.73 Å². The van der Waals surface area contributed by atoms with Crippen molar-refractivity contribution in [2.24, 2.45) is 5.73 Å². The van der Waals surface area contributed by atoms with Gasteiger partial charge in [-0.2, -0.15) is 0 Å². The lowest BCUT2D eigenvalue weighted by Crippen LogP contribution is -1.83. The SMILES string of the molecule is CC(=O)/C=C/N. The highest BCUT2D eigenvalue weighted by atomic mass is 16.1.